The predicted octanol–water partition coefficient (Wildman–Crippen LogP) is 4.79. The fraction of sp³-hybridized carbons (Fsp3) is 0.733. The Morgan fingerprint density at radius 3 is 2.53 bits per heavy atom. The van der Waals surface area contributed by atoms with E-state index in [1.54, 1.807) is 0 Å². The number of nitrogens with one attached hydrogen (secondary N) is 1. The van der Waals surface area contributed by atoms with E-state index in [-0.39, 0.29) is 0 Å². The van der Waals surface area contributed by atoms with Crippen LogP contribution in [0.15, 0.2) is 12.1 Å². The molecule has 98 valence electrons. The van der Waals surface area contributed by atoms with Gasteiger partial charge in [-0.25, -0.2) is 0 Å². The molecule has 1 rings (SSSR count). The maximum absolute atomic E-state index is 3.64. The maximum atomic E-state index is 3.64. The summed E-state index contributed by atoms with van der Waals surface area (Å²) in [6.45, 7) is 10.1. The minimum atomic E-state index is 0.562. The zero-order chi connectivity index (χ0) is 12.7. The average molecular weight is 253 g/mol. The van der Waals surface area contributed by atoms with E-state index in [0.717, 1.165) is 18.9 Å². The summed E-state index contributed by atoms with van der Waals surface area (Å²) in [7, 11) is 0. The summed E-state index contributed by atoms with van der Waals surface area (Å²) in [6, 6.07) is 5.16. The van der Waals surface area contributed by atoms with Crippen LogP contribution in [-0.4, -0.2) is 6.54 Å². The van der Waals surface area contributed by atoms with Crippen LogP contribution in [-0.2, 0) is 6.42 Å². The molecule has 2 unspecified atom stereocenters. The molecular formula is C15H27NS. The van der Waals surface area contributed by atoms with Crippen molar-refractivity contribution < 1.29 is 0 Å². The molecule has 0 aliphatic carbocycles. The number of aryl methyl sites for hydroxylation is 1. The van der Waals surface area contributed by atoms with Crippen molar-refractivity contribution in [3.8, 4) is 0 Å². The highest BCUT2D eigenvalue weighted by Gasteiger charge is 2.15. The van der Waals surface area contributed by atoms with Gasteiger partial charge in [-0.05, 0) is 37.4 Å². The second-order valence-electron chi connectivity index (χ2n) is 4.90. The molecule has 1 N–H and O–H groups in total. The Morgan fingerprint density at radius 1 is 1.24 bits per heavy atom. The van der Waals surface area contributed by atoms with Crippen molar-refractivity contribution in [2.45, 2.75) is 59.4 Å². The van der Waals surface area contributed by atoms with Crippen LogP contribution in [0.4, 0.5) is 0 Å². The predicted molar refractivity (Wildman–Crippen MR) is 78.8 cm³/mol. The topological polar surface area (TPSA) is 12.0 Å². The summed E-state index contributed by atoms with van der Waals surface area (Å²) < 4.78 is 0. The SMILES string of the molecule is CCCC(C)CC(NCC)c1ccc(CC)s1. The zero-order valence-electron chi connectivity index (χ0n) is 11.8. The third-order valence-corrected chi connectivity index (χ3v) is 4.59. The smallest absolute Gasteiger partial charge is 0.0417 e. The van der Waals surface area contributed by atoms with E-state index in [4.69, 9.17) is 0 Å². The summed E-state index contributed by atoms with van der Waals surface area (Å²) in [5.74, 6) is 0.816. The van der Waals surface area contributed by atoms with Gasteiger partial charge in [-0.15, -0.1) is 11.3 Å². The van der Waals surface area contributed by atoms with Gasteiger partial charge in [0.15, 0.2) is 0 Å². The Morgan fingerprint density at radius 2 is 2.00 bits per heavy atom. The van der Waals surface area contributed by atoms with Gasteiger partial charge in [0.1, 0.15) is 0 Å². The highest BCUT2D eigenvalue weighted by Crippen LogP contribution is 2.29. The van der Waals surface area contributed by atoms with E-state index in [1.165, 1.54) is 29.0 Å². The molecule has 0 spiro atoms. The largest absolute Gasteiger partial charge is 0.310 e. The van der Waals surface area contributed by atoms with Crippen LogP contribution in [0.5, 0.6) is 0 Å². The number of rotatable bonds is 8. The summed E-state index contributed by atoms with van der Waals surface area (Å²) in [5.41, 5.74) is 0. The molecule has 0 amide bonds. The van der Waals surface area contributed by atoms with Crippen LogP contribution in [0.3, 0.4) is 0 Å². The van der Waals surface area contributed by atoms with Crippen molar-refractivity contribution in [3.05, 3.63) is 21.9 Å². The first kappa shape index (κ1) is 14.7. The number of thiophene rings is 1. The highest BCUT2D eigenvalue weighted by molar-refractivity contribution is 7.12. The zero-order valence-corrected chi connectivity index (χ0v) is 12.6. The summed E-state index contributed by atoms with van der Waals surface area (Å²) in [6.07, 6.45) is 5.07. The Kier molecular flexibility index (Phi) is 6.83. The Hall–Kier alpha value is -0.340. The maximum Gasteiger partial charge on any atom is 0.0417 e. The molecule has 1 nitrogen and oxygen atoms in total. The van der Waals surface area contributed by atoms with Gasteiger partial charge in [-0.3, -0.25) is 0 Å². The fourth-order valence-corrected chi connectivity index (χ4v) is 3.37. The third-order valence-electron chi connectivity index (χ3n) is 3.24. The van der Waals surface area contributed by atoms with Crippen molar-refractivity contribution in [1.29, 1.82) is 0 Å². The molecule has 0 saturated heterocycles. The van der Waals surface area contributed by atoms with E-state index >= 15 is 0 Å². The lowest BCUT2D eigenvalue weighted by molar-refractivity contribution is 0.399. The standard InChI is InChI=1S/C15H27NS/c1-5-8-12(4)11-14(16-7-3)15-10-9-13(6-2)17-15/h9-10,12,14,16H,5-8,11H2,1-4H3. The Labute approximate surface area is 111 Å². The lowest BCUT2D eigenvalue weighted by atomic mass is 9.96. The van der Waals surface area contributed by atoms with Crippen LogP contribution in [0, 0.1) is 5.92 Å². The van der Waals surface area contributed by atoms with Crippen LogP contribution in [0.1, 0.15) is 62.8 Å². The third kappa shape index (κ3) is 4.81. The molecule has 0 saturated carbocycles. The first-order valence-corrected chi connectivity index (χ1v) is 7.84. The van der Waals surface area contributed by atoms with Gasteiger partial charge in [0.25, 0.3) is 0 Å². The van der Waals surface area contributed by atoms with E-state index in [0.29, 0.717) is 6.04 Å². The second-order valence-corrected chi connectivity index (χ2v) is 6.10. The van der Waals surface area contributed by atoms with Gasteiger partial charge in [0, 0.05) is 15.8 Å². The summed E-state index contributed by atoms with van der Waals surface area (Å²) in [5, 5.41) is 3.64. The first-order valence-electron chi connectivity index (χ1n) is 7.03. The minimum Gasteiger partial charge on any atom is -0.310 e. The van der Waals surface area contributed by atoms with Gasteiger partial charge in [0.05, 0.1) is 0 Å². The van der Waals surface area contributed by atoms with Crippen molar-refractivity contribution >= 4 is 11.3 Å². The molecule has 0 aliphatic heterocycles. The van der Waals surface area contributed by atoms with Gasteiger partial charge in [-0.1, -0.05) is 40.5 Å². The van der Waals surface area contributed by atoms with Gasteiger partial charge >= 0.3 is 0 Å². The lowest BCUT2D eigenvalue weighted by Crippen LogP contribution is -2.22. The van der Waals surface area contributed by atoms with E-state index in [9.17, 15) is 0 Å². The van der Waals surface area contributed by atoms with E-state index in [1.807, 2.05) is 11.3 Å². The van der Waals surface area contributed by atoms with Gasteiger partial charge in [-0.2, -0.15) is 0 Å². The summed E-state index contributed by atoms with van der Waals surface area (Å²) in [4.78, 5) is 3.03. The molecule has 0 radical (unpaired) electrons. The highest BCUT2D eigenvalue weighted by atomic mass is 32.1. The first-order chi connectivity index (χ1) is 8.21. The molecule has 2 atom stereocenters. The second kappa shape index (κ2) is 7.88. The molecule has 1 aromatic rings. The molecule has 17 heavy (non-hydrogen) atoms. The quantitative estimate of drug-likeness (QED) is 0.702. The van der Waals surface area contributed by atoms with Gasteiger partial charge < -0.3 is 5.32 Å². The molecule has 0 aliphatic rings. The van der Waals surface area contributed by atoms with Crippen molar-refractivity contribution in [2.24, 2.45) is 5.92 Å². The normalized spacial score (nSPS) is 14.8. The molecule has 0 fully saturated rings. The summed E-state index contributed by atoms with van der Waals surface area (Å²) >= 11 is 1.98. The van der Waals surface area contributed by atoms with Crippen LogP contribution >= 0.6 is 11.3 Å². The minimum absolute atomic E-state index is 0.562. The van der Waals surface area contributed by atoms with Crippen molar-refractivity contribution in [1.82, 2.24) is 5.32 Å². The molecular weight excluding hydrogens is 226 g/mol. The van der Waals surface area contributed by atoms with Crippen LogP contribution in [0.25, 0.3) is 0 Å². The molecule has 1 heterocycles. The van der Waals surface area contributed by atoms with Crippen molar-refractivity contribution in [3.63, 3.8) is 0 Å². The number of hydrogen-bond acceptors (Lipinski definition) is 2. The Bertz CT molecular complexity index is 306. The molecule has 0 aromatic carbocycles. The van der Waals surface area contributed by atoms with Crippen molar-refractivity contribution in [2.75, 3.05) is 6.54 Å². The molecule has 2 heteroatoms. The monoisotopic (exact) mass is 253 g/mol. The average Bonchev–Trinajstić information content (AvgIpc) is 2.77. The van der Waals surface area contributed by atoms with Gasteiger partial charge in [0.2, 0.25) is 0 Å². The van der Waals surface area contributed by atoms with E-state index < -0.39 is 0 Å². The number of hydrogen-bond donors (Lipinski definition) is 1. The van der Waals surface area contributed by atoms with E-state index in [2.05, 4.69) is 45.1 Å². The van der Waals surface area contributed by atoms with Crippen LogP contribution < -0.4 is 5.32 Å². The fourth-order valence-electron chi connectivity index (χ4n) is 2.33. The lowest BCUT2D eigenvalue weighted by Gasteiger charge is -2.20. The Balaban J connectivity index is 2.64. The molecule has 0 bridgehead atoms. The van der Waals surface area contributed by atoms with Crippen LogP contribution in [0.2, 0.25) is 0 Å². The molecule has 1 aromatic heterocycles.